The van der Waals surface area contributed by atoms with Crippen LogP contribution in [-0.2, 0) is 29.0 Å². The van der Waals surface area contributed by atoms with Gasteiger partial charge in [0.05, 0.1) is 25.3 Å². The number of hydrogen-bond donors (Lipinski definition) is 0. The highest BCUT2D eigenvalue weighted by atomic mass is 32.2. The fraction of sp³-hybridized carbons (Fsp3) is 0.471. The molecule has 0 bridgehead atoms. The molecule has 0 aromatic carbocycles. The van der Waals surface area contributed by atoms with Crippen LogP contribution in [0.2, 0.25) is 0 Å². The molecule has 11 heteroatoms. The Morgan fingerprint density at radius 1 is 1.14 bits per heavy atom. The number of rotatable bonds is 8. The van der Waals surface area contributed by atoms with Gasteiger partial charge in [0, 0.05) is 0 Å². The Bertz CT molecular complexity index is 722. The van der Waals surface area contributed by atoms with E-state index in [1.54, 1.807) is 6.08 Å². The summed E-state index contributed by atoms with van der Waals surface area (Å²) in [5.74, 6) is -1.62. The lowest BCUT2D eigenvalue weighted by molar-refractivity contribution is -0.148. The van der Waals surface area contributed by atoms with E-state index in [0.717, 1.165) is 13.4 Å². The molecule has 1 aliphatic rings. The third-order valence-corrected chi connectivity index (χ3v) is 4.77. The standard InChI is InChI=1S/C17H24N2O8S/c1-5-11-26-16(21)18(17(22)27-12-6-2)19(28(4,23)24)14-10-8-7-9-13(14)15(20)25-3/h5-6,8,10,13-14H,1-2,7,9,11-12H2,3-4H3/t13-,14+/m1/s1. The first kappa shape index (κ1) is 23.4. The lowest BCUT2D eigenvalue weighted by atomic mass is 9.90. The second-order valence-corrected chi connectivity index (χ2v) is 7.54. The summed E-state index contributed by atoms with van der Waals surface area (Å²) in [4.78, 5) is 37.1. The van der Waals surface area contributed by atoms with Crippen LogP contribution in [-0.4, -0.2) is 68.6 Å². The van der Waals surface area contributed by atoms with E-state index in [1.165, 1.54) is 18.2 Å². The van der Waals surface area contributed by atoms with Crippen LogP contribution in [0.15, 0.2) is 37.5 Å². The van der Waals surface area contributed by atoms with Gasteiger partial charge in [-0.2, -0.15) is 0 Å². The van der Waals surface area contributed by atoms with Crippen molar-refractivity contribution in [1.29, 1.82) is 0 Å². The summed E-state index contributed by atoms with van der Waals surface area (Å²) in [6, 6.07) is -1.19. The Morgan fingerprint density at radius 3 is 2.11 bits per heavy atom. The molecule has 156 valence electrons. The van der Waals surface area contributed by atoms with E-state index in [1.807, 2.05) is 0 Å². The van der Waals surface area contributed by atoms with Gasteiger partial charge >= 0.3 is 18.2 Å². The second kappa shape index (κ2) is 10.6. The summed E-state index contributed by atoms with van der Waals surface area (Å²) in [5.41, 5.74) is 0. The molecule has 0 spiro atoms. The summed E-state index contributed by atoms with van der Waals surface area (Å²) in [7, 11) is -3.07. The van der Waals surface area contributed by atoms with E-state index in [2.05, 4.69) is 13.2 Å². The SMILES string of the molecule is C=CCOC(=O)N(C(=O)OCC=C)N([C@H]1C=CCC[C@H]1C(=O)OC)S(C)(=O)=O. The van der Waals surface area contributed by atoms with E-state index >= 15 is 0 Å². The Morgan fingerprint density at radius 2 is 1.68 bits per heavy atom. The van der Waals surface area contributed by atoms with Gasteiger partial charge in [-0.25, -0.2) is 18.0 Å². The molecule has 0 radical (unpaired) electrons. The van der Waals surface area contributed by atoms with Gasteiger partial charge in [0.2, 0.25) is 10.0 Å². The van der Waals surface area contributed by atoms with Crippen molar-refractivity contribution < 1.29 is 37.0 Å². The zero-order valence-electron chi connectivity index (χ0n) is 15.8. The van der Waals surface area contributed by atoms with E-state index in [-0.39, 0.29) is 24.6 Å². The molecule has 0 aromatic heterocycles. The topological polar surface area (TPSA) is 120 Å². The minimum absolute atomic E-state index is 0.207. The van der Waals surface area contributed by atoms with E-state index < -0.39 is 40.1 Å². The van der Waals surface area contributed by atoms with Crippen LogP contribution in [0.4, 0.5) is 9.59 Å². The summed E-state index contributed by atoms with van der Waals surface area (Å²) in [6.45, 7) is 6.22. The molecule has 1 aliphatic carbocycles. The van der Waals surface area contributed by atoms with Crippen LogP contribution < -0.4 is 0 Å². The number of sulfonamides is 1. The summed E-state index contributed by atoms with van der Waals surface area (Å²) < 4.78 is 39.9. The number of nitrogens with zero attached hydrogens (tertiary/aromatic N) is 2. The number of carbonyl (C=O) groups excluding carboxylic acids is 3. The minimum Gasteiger partial charge on any atom is -0.469 e. The first-order valence-electron chi connectivity index (χ1n) is 8.28. The largest absolute Gasteiger partial charge is 0.469 e. The summed E-state index contributed by atoms with van der Waals surface area (Å²) >= 11 is 0. The van der Waals surface area contributed by atoms with Crippen LogP contribution in [0.5, 0.6) is 0 Å². The van der Waals surface area contributed by atoms with E-state index in [0.29, 0.717) is 10.8 Å². The fourth-order valence-corrected chi connectivity index (χ4v) is 3.66. The molecule has 0 saturated carbocycles. The van der Waals surface area contributed by atoms with Crippen molar-refractivity contribution in [3.8, 4) is 0 Å². The lowest BCUT2D eigenvalue weighted by Gasteiger charge is -2.38. The van der Waals surface area contributed by atoms with Crippen LogP contribution >= 0.6 is 0 Å². The van der Waals surface area contributed by atoms with Crippen molar-refractivity contribution >= 4 is 28.2 Å². The molecule has 0 aromatic rings. The highest BCUT2D eigenvalue weighted by Crippen LogP contribution is 2.28. The summed E-state index contributed by atoms with van der Waals surface area (Å²) in [6.07, 6.45) is 4.49. The molecule has 28 heavy (non-hydrogen) atoms. The van der Waals surface area contributed by atoms with Crippen molar-refractivity contribution in [3.05, 3.63) is 37.5 Å². The predicted octanol–water partition coefficient (Wildman–Crippen LogP) is 1.62. The first-order valence-corrected chi connectivity index (χ1v) is 10.1. The Labute approximate surface area is 164 Å². The number of hydrogen-bond acceptors (Lipinski definition) is 8. The molecule has 2 amide bonds. The van der Waals surface area contributed by atoms with Crippen LogP contribution in [0, 0.1) is 5.92 Å². The molecule has 2 atom stereocenters. The molecule has 0 saturated heterocycles. The quantitative estimate of drug-likeness (QED) is 0.253. The van der Waals surface area contributed by atoms with E-state index in [9.17, 15) is 22.8 Å². The second-order valence-electron chi connectivity index (χ2n) is 5.70. The maximum atomic E-state index is 12.5. The Hall–Kier alpha value is -2.66. The van der Waals surface area contributed by atoms with Gasteiger partial charge < -0.3 is 14.2 Å². The maximum absolute atomic E-state index is 12.5. The number of allylic oxidation sites excluding steroid dienone is 1. The number of imide groups is 1. The van der Waals surface area contributed by atoms with Crippen molar-refractivity contribution in [2.24, 2.45) is 5.92 Å². The van der Waals surface area contributed by atoms with Gasteiger partial charge in [-0.05, 0) is 12.8 Å². The zero-order chi connectivity index (χ0) is 21.3. The summed E-state index contributed by atoms with van der Waals surface area (Å²) in [5, 5.41) is 0.207. The maximum Gasteiger partial charge on any atom is 0.435 e. The molecule has 0 N–H and O–H groups in total. The van der Waals surface area contributed by atoms with Crippen LogP contribution in [0.3, 0.4) is 0 Å². The zero-order valence-corrected chi connectivity index (χ0v) is 16.6. The number of hydrazine groups is 1. The third-order valence-electron chi connectivity index (χ3n) is 3.68. The fourth-order valence-electron chi connectivity index (χ4n) is 2.57. The Kier molecular flexibility index (Phi) is 8.86. The monoisotopic (exact) mass is 416 g/mol. The molecule has 0 heterocycles. The average Bonchev–Trinajstić information content (AvgIpc) is 2.66. The van der Waals surface area contributed by atoms with Crippen molar-refractivity contribution in [1.82, 2.24) is 9.42 Å². The Balaban J connectivity index is 3.45. The first-order chi connectivity index (χ1) is 13.2. The number of ether oxygens (including phenoxy) is 3. The van der Waals surface area contributed by atoms with Gasteiger partial charge in [0.1, 0.15) is 13.2 Å². The minimum atomic E-state index is -4.23. The molecular weight excluding hydrogens is 392 g/mol. The van der Waals surface area contributed by atoms with Gasteiger partial charge in [-0.1, -0.05) is 41.9 Å². The number of carbonyl (C=O) groups is 3. The molecule has 1 rings (SSSR count). The average molecular weight is 416 g/mol. The third kappa shape index (κ3) is 5.92. The van der Waals surface area contributed by atoms with Gasteiger partial charge in [0.25, 0.3) is 0 Å². The normalized spacial score (nSPS) is 18.8. The molecule has 0 aliphatic heterocycles. The van der Waals surface area contributed by atoms with E-state index in [4.69, 9.17) is 14.2 Å². The smallest absolute Gasteiger partial charge is 0.435 e. The van der Waals surface area contributed by atoms with Crippen LogP contribution in [0.25, 0.3) is 0 Å². The number of methoxy groups -OCH3 is 1. The van der Waals surface area contributed by atoms with Gasteiger partial charge in [0.15, 0.2) is 0 Å². The molecule has 0 fully saturated rings. The van der Waals surface area contributed by atoms with Crippen LogP contribution in [0.1, 0.15) is 12.8 Å². The van der Waals surface area contributed by atoms with Gasteiger partial charge in [-0.15, -0.1) is 5.01 Å². The number of esters is 1. The lowest BCUT2D eigenvalue weighted by Crippen LogP contribution is -2.59. The van der Waals surface area contributed by atoms with Crippen molar-refractivity contribution in [2.75, 3.05) is 26.6 Å². The van der Waals surface area contributed by atoms with Crippen molar-refractivity contribution in [3.63, 3.8) is 0 Å². The predicted molar refractivity (Wildman–Crippen MR) is 99.3 cm³/mol. The highest BCUT2D eigenvalue weighted by molar-refractivity contribution is 7.88. The van der Waals surface area contributed by atoms with Crippen molar-refractivity contribution in [2.45, 2.75) is 18.9 Å². The molecule has 10 nitrogen and oxygen atoms in total. The van der Waals surface area contributed by atoms with Gasteiger partial charge in [-0.3, -0.25) is 4.79 Å². The highest BCUT2D eigenvalue weighted by Gasteiger charge is 2.46. The molecular formula is C17H24N2O8S. The molecule has 0 unspecified atom stereocenters. The number of amides is 2.